The second kappa shape index (κ2) is 5.63. The highest BCUT2D eigenvalue weighted by atomic mass is 79.9. The number of hydrogen-bond donors (Lipinski definition) is 2. The third kappa shape index (κ3) is 3.93. The third-order valence-corrected chi connectivity index (χ3v) is 3.89. The molecule has 3 nitrogen and oxygen atoms in total. The molecule has 0 spiro atoms. The molecule has 1 heterocycles. The molecule has 0 bridgehead atoms. The minimum absolute atomic E-state index is 0.00882. The van der Waals surface area contributed by atoms with E-state index >= 15 is 0 Å². The summed E-state index contributed by atoms with van der Waals surface area (Å²) in [7, 11) is 0. The fraction of sp³-hybridized carbons (Fsp3) is 0.500. The summed E-state index contributed by atoms with van der Waals surface area (Å²) in [5.41, 5.74) is 5.64. The summed E-state index contributed by atoms with van der Waals surface area (Å²) in [4.78, 5) is 12.7. The Bertz CT molecular complexity index is 338. The molecule has 0 aliphatic rings. The minimum atomic E-state index is -0.145. The van der Waals surface area contributed by atoms with E-state index in [1.165, 1.54) is 0 Å². The summed E-state index contributed by atoms with van der Waals surface area (Å²) in [6.45, 7) is 4.25. The average Bonchev–Trinajstić information content (AvgIpc) is 2.59. The summed E-state index contributed by atoms with van der Waals surface area (Å²) < 4.78 is 1.08. The van der Waals surface area contributed by atoms with Gasteiger partial charge < -0.3 is 11.1 Å². The van der Waals surface area contributed by atoms with Gasteiger partial charge in [0.2, 0.25) is 5.91 Å². The van der Waals surface area contributed by atoms with E-state index in [-0.39, 0.29) is 17.9 Å². The number of halogens is 1. The van der Waals surface area contributed by atoms with Crippen LogP contribution in [-0.4, -0.2) is 11.9 Å². The van der Waals surface area contributed by atoms with Crippen molar-refractivity contribution in [1.82, 2.24) is 5.32 Å². The van der Waals surface area contributed by atoms with Gasteiger partial charge in [-0.2, -0.15) is 0 Å². The average molecular weight is 291 g/mol. The molecule has 2 unspecified atom stereocenters. The van der Waals surface area contributed by atoms with Crippen LogP contribution in [0, 0.1) is 5.92 Å². The van der Waals surface area contributed by atoms with Crippen LogP contribution >= 0.6 is 27.3 Å². The van der Waals surface area contributed by atoms with E-state index in [1.54, 1.807) is 11.3 Å². The molecule has 0 aromatic carbocycles. The molecular weight excluding hydrogens is 276 g/mol. The third-order valence-electron chi connectivity index (χ3n) is 2.27. The monoisotopic (exact) mass is 290 g/mol. The molecule has 0 saturated heterocycles. The molecule has 1 aromatic heterocycles. The van der Waals surface area contributed by atoms with Crippen LogP contribution in [0.3, 0.4) is 0 Å². The first-order valence-electron chi connectivity index (χ1n) is 4.78. The Morgan fingerprint density at radius 3 is 2.73 bits per heavy atom. The van der Waals surface area contributed by atoms with Crippen LogP contribution in [-0.2, 0) is 11.3 Å². The van der Waals surface area contributed by atoms with Gasteiger partial charge in [-0.1, -0.05) is 6.92 Å². The van der Waals surface area contributed by atoms with Gasteiger partial charge >= 0.3 is 0 Å². The van der Waals surface area contributed by atoms with Crippen LogP contribution in [0.4, 0.5) is 0 Å². The zero-order valence-corrected chi connectivity index (χ0v) is 11.2. The SMILES string of the molecule is CC(N)C(C)C(=O)NCc1ccc(Br)s1. The topological polar surface area (TPSA) is 55.1 Å². The van der Waals surface area contributed by atoms with Gasteiger partial charge in [-0.3, -0.25) is 4.79 Å². The molecule has 1 aromatic rings. The first kappa shape index (κ1) is 12.7. The number of hydrogen-bond acceptors (Lipinski definition) is 3. The minimum Gasteiger partial charge on any atom is -0.351 e. The predicted octanol–water partition coefficient (Wildman–Crippen LogP) is 2.11. The van der Waals surface area contributed by atoms with Gasteiger partial charge in [0.05, 0.1) is 10.3 Å². The van der Waals surface area contributed by atoms with Crippen LogP contribution in [0.15, 0.2) is 15.9 Å². The van der Waals surface area contributed by atoms with Crippen LogP contribution in [0.5, 0.6) is 0 Å². The van der Waals surface area contributed by atoms with E-state index in [9.17, 15) is 4.79 Å². The van der Waals surface area contributed by atoms with Gasteiger partial charge in [-0.15, -0.1) is 11.3 Å². The lowest BCUT2D eigenvalue weighted by molar-refractivity contribution is -0.125. The molecule has 84 valence electrons. The van der Waals surface area contributed by atoms with Crippen LogP contribution < -0.4 is 11.1 Å². The van der Waals surface area contributed by atoms with Crippen molar-refractivity contribution in [2.45, 2.75) is 26.4 Å². The fourth-order valence-electron chi connectivity index (χ4n) is 1.02. The summed E-state index contributed by atoms with van der Waals surface area (Å²) in [5, 5.41) is 2.86. The molecule has 0 aliphatic carbocycles. The smallest absolute Gasteiger partial charge is 0.224 e. The van der Waals surface area contributed by atoms with E-state index in [4.69, 9.17) is 5.73 Å². The molecule has 0 aliphatic heterocycles. The fourth-order valence-corrected chi connectivity index (χ4v) is 2.44. The van der Waals surface area contributed by atoms with Crippen LogP contribution in [0.2, 0.25) is 0 Å². The Morgan fingerprint density at radius 2 is 2.27 bits per heavy atom. The first-order valence-corrected chi connectivity index (χ1v) is 6.39. The maximum Gasteiger partial charge on any atom is 0.224 e. The normalized spacial score (nSPS) is 14.7. The molecule has 0 radical (unpaired) electrons. The molecule has 2 atom stereocenters. The number of nitrogens with one attached hydrogen (secondary N) is 1. The Morgan fingerprint density at radius 1 is 1.60 bits per heavy atom. The number of carbonyl (C=O) groups excluding carboxylic acids is 1. The van der Waals surface area contributed by atoms with E-state index in [1.807, 2.05) is 26.0 Å². The maximum absolute atomic E-state index is 11.6. The number of rotatable bonds is 4. The summed E-state index contributed by atoms with van der Waals surface area (Å²) >= 11 is 5.00. The highest BCUT2D eigenvalue weighted by Crippen LogP contribution is 2.21. The van der Waals surface area contributed by atoms with Gasteiger partial charge in [0.1, 0.15) is 0 Å². The van der Waals surface area contributed by atoms with E-state index in [0.717, 1.165) is 8.66 Å². The summed E-state index contributed by atoms with van der Waals surface area (Å²) in [6, 6.07) is 3.85. The lowest BCUT2D eigenvalue weighted by atomic mass is 10.0. The van der Waals surface area contributed by atoms with Crippen molar-refractivity contribution in [3.63, 3.8) is 0 Å². The van der Waals surface area contributed by atoms with Crippen LogP contribution in [0.25, 0.3) is 0 Å². The molecule has 0 saturated carbocycles. The highest BCUT2D eigenvalue weighted by molar-refractivity contribution is 9.11. The molecule has 1 amide bonds. The van der Waals surface area contributed by atoms with Crippen LogP contribution in [0.1, 0.15) is 18.7 Å². The lowest BCUT2D eigenvalue weighted by Crippen LogP contribution is -2.38. The second-order valence-electron chi connectivity index (χ2n) is 3.57. The first-order chi connectivity index (χ1) is 7.00. The van der Waals surface area contributed by atoms with Gasteiger partial charge in [0.15, 0.2) is 0 Å². The molecular formula is C10H15BrN2OS. The predicted molar refractivity (Wildman–Crippen MR) is 66.7 cm³/mol. The van der Waals surface area contributed by atoms with Crippen molar-refractivity contribution in [3.8, 4) is 0 Å². The Labute approximate surface area is 102 Å². The zero-order chi connectivity index (χ0) is 11.4. The number of nitrogens with two attached hydrogens (primary N) is 1. The second-order valence-corrected chi connectivity index (χ2v) is 6.12. The van der Waals surface area contributed by atoms with Gasteiger partial charge in [-0.05, 0) is 35.0 Å². The number of carbonyl (C=O) groups is 1. The molecule has 1 rings (SSSR count). The zero-order valence-electron chi connectivity index (χ0n) is 8.79. The van der Waals surface area contributed by atoms with E-state index in [2.05, 4.69) is 21.2 Å². The van der Waals surface area contributed by atoms with Crippen molar-refractivity contribution in [1.29, 1.82) is 0 Å². The summed E-state index contributed by atoms with van der Waals surface area (Å²) in [5.74, 6) is -0.136. The van der Waals surface area contributed by atoms with Crippen molar-refractivity contribution in [2.24, 2.45) is 11.7 Å². The van der Waals surface area contributed by atoms with Gasteiger partial charge in [0.25, 0.3) is 0 Å². The quantitative estimate of drug-likeness (QED) is 0.892. The standard InChI is InChI=1S/C10H15BrN2OS/c1-6(7(2)12)10(14)13-5-8-3-4-9(11)15-8/h3-4,6-7H,5,12H2,1-2H3,(H,13,14). The van der Waals surface area contributed by atoms with Crippen molar-refractivity contribution < 1.29 is 4.79 Å². The molecule has 15 heavy (non-hydrogen) atoms. The Hall–Kier alpha value is -0.390. The Kier molecular flexibility index (Phi) is 4.76. The van der Waals surface area contributed by atoms with Crippen molar-refractivity contribution in [2.75, 3.05) is 0 Å². The van der Waals surface area contributed by atoms with E-state index in [0.29, 0.717) is 6.54 Å². The van der Waals surface area contributed by atoms with E-state index < -0.39 is 0 Å². The molecule has 3 N–H and O–H groups in total. The van der Waals surface area contributed by atoms with Crippen molar-refractivity contribution in [3.05, 3.63) is 20.8 Å². The van der Waals surface area contributed by atoms with Crippen molar-refractivity contribution >= 4 is 33.2 Å². The number of thiophene rings is 1. The number of amides is 1. The molecule has 0 fully saturated rings. The lowest BCUT2D eigenvalue weighted by Gasteiger charge is -2.14. The maximum atomic E-state index is 11.6. The molecule has 5 heteroatoms. The van der Waals surface area contributed by atoms with Gasteiger partial charge in [-0.25, -0.2) is 0 Å². The summed E-state index contributed by atoms with van der Waals surface area (Å²) in [6.07, 6.45) is 0. The Balaban J connectivity index is 2.40. The van der Waals surface area contributed by atoms with Gasteiger partial charge in [0, 0.05) is 16.8 Å². The largest absolute Gasteiger partial charge is 0.351 e. The highest BCUT2D eigenvalue weighted by Gasteiger charge is 2.16.